The van der Waals surface area contributed by atoms with Gasteiger partial charge in [0.1, 0.15) is 0 Å². The molecule has 0 aromatic heterocycles. The first kappa shape index (κ1) is 15.5. The van der Waals surface area contributed by atoms with E-state index in [2.05, 4.69) is 27.7 Å². The van der Waals surface area contributed by atoms with Crippen molar-refractivity contribution < 1.29 is 5.11 Å². The number of aliphatic hydroxyl groups excluding tert-OH is 1. The van der Waals surface area contributed by atoms with Gasteiger partial charge in [0, 0.05) is 0 Å². The Labute approximate surface area is 137 Å². The lowest BCUT2D eigenvalue weighted by molar-refractivity contribution is -0.150. The molecule has 0 aromatic rings. The molecular weight excluding hydrogens is 268 g/mol. The van der Waals surface area contributed by atoms with E-state index in [0.29, 0.717) is 10.8 Å². The number of hydrogen-bond acceptors (Lipinski definition) is 1. The highest BCUT2D eigenvalue weighted by Crippen LogP contribution is 2.68. The van der Waals surface area contributed by atoms with E-state index in [1.165, 1.54) is 51.4 Å². The van der Waals surface area contributed by atoms with Crippen LogP contribution >= 0.6 is 0 Å². The van der Waals surface area contributed by atoms with Gasteiger partial charge in [-0.15, -0.1) is 0 Å². The lowest BCUT2D eigenvalue weighted by Crippen LogP contribution is -2.56. The van der Waals surface area contributed by atoms with Crippen molar-refractivity contribution in [2.24, 2.45) is 39.9 Å². The number of rotatable bonds is 0. The van der Waals surface area contributed by atoms with Crippen LogP contribution in [-0.2, 0) is 0 Å². The van der Waals surface area contributed by atoms with Crippen LogP contribution in [0.15, 0.2) is 0 Å². The summed E-state index contributed by atoms with van der Waals surface area (Å²) < 4.78 is 0. The highest BCUT2D eigenvalue weighted by Gasteiger charge is 2.61. The number of fused-ring (bicyclic) bond motifs is 5. The van der Waals surface area contributed by atoms with Crippen molar-refractivity contribution in [3.8, 4) is 0 Å². The molecule has 0 heterocycles. The molecule has 1 N–H and O–H groups in total. The molecule has 0 bridgehead atoms. The summed E-state index contributed by atoms with van der Waals surface area (Å²) in [4.78, 5) is 0. The Morgan fingerprint density at radius 2 is 1.45 bits per heavy atom. The second-order valence-corrected chi connectivity index (χ2v) is 10.5. The van der Waals surface area contributed by atoms with Crippen molar-refractivity contribution in [1.82, 2.24) is 0 Å². The molecule has 0 aliphatic heterocycles. The van der Waals surface area contributed by atoms with Gasteiger partial charge < -0.3 is 5.11 Å². The van der Waals surface area contributed by atoms with Crippen molar-refractivity contribution in [2.45, 2.75) is 91.6 Å². The van der Waals surface area contributed by atoms with Gasteiger partial charge in [-0.2, -0.15) is 0 Å². The maximum absolute atomic E-state index is 10.6. The van der Waals surface area contributed by atoms with E-state index in [0.717, 1.165) is 30.1 Å². The molecule has 7 atom stereocenters. The summed E-state index contributed by atoms with van der Waals surface area (Å²) in [7, 11) is 0. The normalized spacial score (nSPS) is 56.9. The van der Waals surface area contributed by atoms with Gasteiger partial charge in [0.25, 0.3) is 0 Å². The topological polar surface area (TPSA) is 20.2 Å². The van der Waals surface area contributed by atoms with Gasteiger partial charge in [-0.3, -0.25) is 0 Å². The second-order valence-electron chi connectivity index (χ2n) is 10.5. The molecule has 0 radical (unpaired) electrons. The predicted octanol–water partition coefficient (Wildman–Crippen LogP) is 5.42. The summed E-state index contributed by atoms with van der Waals surface area (Å²) in [5.74, 6) is 3.59. The Kier molecular flexibility index (Phi) is 3.34. The largest absolute Gasteiger partial charge is 0.393 e. The van der Waals surface area contributed by atoms with E-state index < -0.39 is 0 Å². The molecule has 0 aromatic carbocycles. The van der Waals surface area contributed by atoms with Gasteiger partial charge in [-0.25, -0.2) is 0 Å². The second kappa shape index (κ2) is 4.74. The zero-order valence-electron chi connectivity index (χ0n) is 15.2. The first-order valence-corrected chi connectivity index (χ1v) is 9.97. The molecular formula is C21H36O. The van der Waals surface area contributed by atoms with Crippen LogP contribution in [-0.4, -0.2) is 11.2 Å². The first-order chi connectivity index (χ1) is 10.3. The summed E-state index contributed by atoms with van der Waals surface area (Å²) in [5, 5.41) is 10.6. The molecule has 4 rings (SSSR count). The fraction of sp³-hybridized carbons (Fsp3) is 1.00. The lowest BCUT2D eigenvalue weighted by Gasteiger charge is -2.63. The highest BCUT2D eigenvalue weighted by atomic mass is 16.3. The van der Waals surface area contributed by atoms with Crippen molar-refractivity contribution in [3.63, 3.8) is 0 Å². The fourth-order valence-corrected chi connectivity index (χ4v) is 8.17. The van der Waals surface area contributed by atoms with Crippen LogP contribution < -0.4 is 0 Å². The maximum atomic E-state index is 10.6. The molecule has 4 saturated carbocycles. The minimum Gasteiger partial charge on any atom is -0.393 e. The molecule has 0 spiro atoms. The third-order valence-electron chi connectivity index (χ3n) is 9.30. The standard InChI is InChI=1S/C21H36O/c1-19(2)11-5-12-20(3)16-10-13-21(4)15(7-9-18(21)22)14(16)6-8-17(19)20/h14-18,22H,5-13H2,1-4H3/t14-,15-,16-,17-,18-,20+,21-/m0/s1. The molecule has 1 nitrogen and oxygen atoms in total. The van der Waals surface area contributed by atoms with Crippen molar-refractivity contribution in [1.29, 1.82) is 0 Å². The summed E-state index contributed by atoms with van der Waals surface area (Å²) in [5.41, 5.74) is 1.38. The maximum Gasteiger partial charge on any atom is 0.0596 e. The van der Waals surface area contributed by atoms with Crippen molar-refractivity contribution >= 4 is 0 Å². The third kappa shape index (κ3) is 1.87. The summed E-state index contributed by atoms with van der Waals surface area (Å²) >= 11 is 0. The number of aliphatic hydroxyl groups is 1. The van der Waals surface area contributed by atoms with Crippen LogP contribution in [0, 0.1) is 39.9 Å². The Morgan fingerprint density at radius 3 is 2.23 bits per heavy atom. The van der Waals surface area contributed by atoms with Gasteiger partial charge >= 0.3 is 0 Å². The van der Waals surface area contributed by atoms with Crippen molar-refractivity contribution in [2.75, 3.05) is 0 Å². The van der Waals surface area contributed by atoms with Crippen LogP contribution in [0.1, 0.15) is 85.5 Å². The van der Waals surface area contributed by atoms with E-state index in [4.69, 9.17) is 0 Å². The van der Waals surface area contributed by atoms with E-state index in [1.807, 2.05) is 0 Å². The summed E-state index contributed by atoms with van der Waals surface area (Å²) in [6, 6.07) is 0. The molecule has 4 fully saturated rings. The van der Waals surface area contributed by atoms with E-state index in [9.17, 15) is 5.11 Å². The molecule has 126 valence electrons. The average Bonchev–Trinajstić information content (AvgIpc) is 2.74. The molecule has 0 saturated heterocycles. The van der Waals surface area contributed by atoms with E-state index >= 15 is 0 Å². The van der Waals surface area contributed by atoms with Gasteiger partial charge in [-0.05, 0) is 91.3 Å². The SMILES string of the molecule is CC1(C)CCC[C@]2(C)[C@H]3CC[C@]4(C)[C@@H](O)CC[C@H]4[C@@H]3CC[C@@H]12. The monoisotopic (exact) mass is 304 g/mol. The molecule has 0 amide bonds. The first-order valence-electron chi connectivity index (χ1n) is 9.97. The number of hydrogen-bond donors (Lipinski definition) is 1. The Hall–Kier alpha value is -0.0400. The van der Waals surface area contributed by atoms with E-state index in [1.54, 1.807) is 0 Å². The van der Waals surface area contributed by atoms with Gasteiger partial charge in [0.05, 0.1) is 6.10 Å². The van der Waals surface area contributed by atoms with Crippen LogP contribution in [0.4, 0.5) is 0 Å². The van der Waals surface area contributed by atoms with E-state index in [-0.39, 0.29) is 11.5 Å². The minimum atomic E-state index is -0.0215. The van der Waals surface area contributed by atoms with Crippen LogP contribution in [0.3, 0.4) is 0 Å². The van der Waals surface area contributed by atoms with Crippen LogP contribution in [0.2, 0.25) is 0 Å². The predicted molar refractivity (Wildman–Crippen MR) is 91.5 cm³/mol. The summed E-state index contributed by atoms with van der Waals surface area (Å²) in [6.45, 7) is 10.2. The van der Waals surface area contributed by atoms with Gasteiger partial charge in [0.2, 0.25) is 0 Å². The Balaban J connectivity index is 1.67. The third-order valence-corrected chi connectivity index (χ3v) is 9.30. The smallest absolute Gasteiger partial charge is 0.0596 e. The lowest BCUT2D eigenvalue weighted by atomic mass is 9.42. The average molecular weight is 305 g/mol. The van der Waals surface area contributed by atoms with Crippen LogP contribution in [0.5, 0.6) is 0 Å². The van der Waals surface area contributed by atoms with Crippen LogP contribution in [0.25, 0.3) is 0 Å². The van der Waals surface area contributed by atoms with Gasteiger partial charge in [-0.1, -0.05) is 34.1 Å². The molecule has 1 heteroatoms. The molecule has 22 heavy (non-hydrogen) atoms. The van der Waals surface area contributed by atoms with Crippen molar-refractivity contribution in [3.05, 3.63) is 0 Å². The Bertz CT molecular complexity index is 455. The molecule has 4 aliphatic rings. The Morgan fingerprint density at radius 1 is 0.727 bits per heavy atom. The quantitative estimate of drug-likeness (QED) is 0.634. The zero-order valence-corrected chi connectivity index (χ0v) is 15.2. The highest BCUT2D eigenvalue weighted by molar-refractivity contribution is 5.10. The molecule has 4 aliphatic carbocycles. The molecule has 0 unspecified atom stereocenters. The zero-order chi connectivity index (χ0) is 15.8. The minimum absolute atomic E-state index is 0.0215. The fourth-order valence-electron chi connectivity index (χ4n) is 8.17. The summed E-state index contributed by atoms with van der Waals surface area (Å²) in [6.07, 6.45) is 12.2. The van der Waals surface area contributed by atoms with Gasteiger partial charge in [0.15, 0.2) is 0 Å².